The maximum Gasteiger partial charge on any atom is 0.198 e. The quantitative estimate of drug-likeness (QED) is 0.573. The molecule has 2 aromatic heterocycles. The van der Waals surface area contributed by atoms with Crippen molar-refractivity contribution in [3.63, 3.8) is 0 Å². The third kappa shape index (κ3) is 2.57. The molecule has 124 valence electrons. The zero-order chi connectivity index (χ0) is 16.6. The second-order valence-electron chi connectivity index (χ2n) is 6.41. The van der Waals surface area contributed by atoms with E-state index in [1.165, 1.54) is 0 Å². The first-order valence-electron chi connectivity index (χ1n) is 8.68. The predicted octanol–water partition coefficient (Wildman–Crippen LogP) is 3.83. The highest BCUT2D eigenvalue weighted by molar-refractivity contribution is 5.84. The van der Waals surface area contributed by atoms with Crippen molar-refractivity contribution >= 4 is 22.3 Å². The third-order valence-electron chi connectivity index (χ3n) is 4.70. The van der Waals surface area contributed by atoms with Crippen molar-refractivity contribution in [1.29, 1.82) is 0 Å². The summed E-state index contributed by atoms with van der Waals surface area (Å²) in [5, 5.41) is 0. The summed E-state index contributed by atoms with van der Waals surface area (Å²) >= 11 is 0. The van der Waals surface area contributed by atoms with Gasteiger partial charge < -0.3 is 9.30 Å². The predicted molar refractivity (Wildman–Crippen MR) is 97.2 cm³/mol. The summed E-state index contributed by atoms with van der Waals surface area (Å²) in [6.07, 6.45) is 2.41. The van der Waals surface area contributed by atoms with Gasteiger partial charge >= 0.3 is 0 Å². The molecule has 1 atom stereocenters. The highest BCUT2D eigenvalue weighted by Crippen LogP contribution is 2.26. The second kappa shape index (κ2) is 5.93. The highest BCUT2D eigenvalue weighted by Gasteiger charge is 2.22. The van der Waals surface area contributed by atoms with Crippen LogP contribution < -0.4 is 0 Å². The first-order valence-corrected chi connectivity index (χ1v) is 8.68. The monoisotopic (exact) mass is 330 g/mol. The fourth-order valence-electron chi connectivity index (χ4n) is 3.47. The number of fused-ring (bicyclic) bond motifs is 2. The van der Waals surface area contributed by atoms with E-state index < -0.39 is 0 Å². The Morgan fingerprint density at radius 2 is 1.68 bits per heavy atom. The third-order valence-corrected chi connectivity index (χ3v) is 4.70. The lowest BCUT2D eigenvalue weighted by atomic mass is 10.2. The molecule has 1 aliphatic heterocycles. The molecule has 1 aliphatic rings. The Bertz CT molecular complexity index is 1040. The molecule has 0 N–H and O–H groups in total. The van der Waals surface area contributed by atoms with Gasteiger partial charge in [0.05, 0.1) is 23.7 Å². The van der Waals surface area contributed by atoms with Crippen molar-refractivity contribution in [3.8, 4) is 11.4 Å². The summed E-state index contributed by atoms with van der Waals surface area (Å²) < 4.78 is 8.02. The second-order valence-corrected chi connectivity index (χ2v) is 6.41. The van der Waals surface area contributed by atoms with Gasteiger partial charge in [0.15, 0.2) is 11.3 Å². The number of benzene rings is 2. The van der Waals surface area contributed by atoms with Crippen LogP contribution in [0.5, 0.6) is 0 Å². The summed E-state index contributed by atoms with van der Waals surface area (Å²) in [5.74, 6) is 0.904. The van der Waals surface area contributed by atoms with Crippen molar-refractivity contribution in [2.24, 2.45) is 0 Å². The van der Waals surface area contributed by atoms with Crippen molar-refractivity contribution in [2.45, 2.75) is 25.5 Å². The minimum atomic E-state index is 0.216. The molecule has 0 amide bonds. The summed E-state index contributed by atoms with van der Waals surface area (Å²) in [5.41, 5.74) is 4.35. The summed E-state index contributed by atoms with van der Waals surface area (Å²) in [7, 11) is 0. The van der Waals surface area contributed by atoms with Crippen LogP contribution in [0, 0.1) is 0 Å². The molecule has 5 nitrogen and oxygen atoms in total. The number of nitrogens with zero attached hydrogens (tertiary/aromatic N) is 4. The number of para-hydroxylation sites is 2. The Morgan fingerprint density at radius 1 is 0.920 bits per heavy atom. The van der Waals surface area contributed by atoms with Gasteiger partial charge in [0.1, 0.15) is 5.82 Å². The molecule has 0 saturated carbocycles. The maximum absolute atomic E-state index is 5.86. The molecule has 2 aromatic carbocycles. The minimum absolute atomic E-state index is 0.216. The van der Waals surface area contributed by atoms with Gasteiger partial charge in [-0.25, -0.2) is 15.0 Å². The van der Waals surface area contributed by atoms with E-state index >= 15 is 0 Å². The van der Waals surface area contributed by atoms with Crippen LogP contribution in [0.2, 0.25) is 0 Å². The minimum Gasteiger partial charge on any atom is -0.376 e. The average Bonchev–Trinajstić information content (AvgIpc) is 3.29. The summed E-state index contributed by atoms with van der Waals surface area (Å²) in [4.78, 5) is 14.4. The lowest BCUT2D eigenvalue weighted by Crippen LogP contribution is -2.16. The number of imidazole rings is 1. The van der Waals surface area contributed by atoms with E-state index in [2.05, 4.69) is 16.7 Å². The van der Waals surface area contributed by atoms with Gasteiger partial charge in [0.25, 0.3) is 0 Å². The topological polar surface area (TPSA) is 52.8 Å². The molecule has 0 aliphatic carbocycles. The van der Waals surface area contributed by atoms with Crippen molar-refractivity contribution in [1.82, 2.24) is 19.5 Å². The van der Waals surface area contributed by atoms with E-state index in [0.717, 1.165) is 54.1 Å². The Labute approximate surface area is 145 Å². The molecule has 5 heteroatoms. The van der Waals surface area contributed by atoms with Crippen molar-refractivity contribution < 1.29 is 4.74 Å². The number of ether oxygens (including phenoxy) is 1. The smallest absolute Gasteiger partial charge is 0.198 e. The van der Waals surface area contributed by atoms with Crippen LogP contribution in [0.3, 0.4) is 0 Å². The average molecular weight is 330 g/mol. The molecular weight excluding hydrogens is 312 g/mol. The van der Waals surface area contributed by atoms with Crippen LogP contribution in [-0.2, 0) is 11.3 Å². The van der Waals surface area contributed by atoms with E-state index in [4.69, 9.17) is 19.7 Å². The van der Waals surface area contributed by atoms with Crippen LogP contribution in [0.1, 0.15) is 12.8 Å². The van der Waals surface area contributed by atoms with Crippen LogP contribution in [-0.4, -0.2) is 32.2 Å². The number of rotatable bonds is 3. The Morgan fingerprint density at radius 3 is 2.44 bits per heavy atom. The molecule has 1 fully saturated rings. The standard InChI is InChI=1S/C20H18N4O/c1-2-7-14(8-3-1)19-23-18-20(24(19)13-15-9-6-12-25-15)22-17-11-5-4-10-16(17)21-18/h1-5,7-8,10-11,15H,6,9,12-13H2/t15-/m0/s1. The van der Waals surface area contributed by atoms with E-state index in [1.807, 2.05) is 42.5 Å². The van der Waals surface area contributed by atoms with Crippen LogP contribution in [0.4, 0.5) is 0 Å². The Balaban J connectivity index is 1.74. The molecule has 1 saturated heterocycles. The molecule has 25 heavy (non-hydrogen) atoms. The van der Waals surface area contributed by atoms with Gasteiger partial charge in [-0.15, -0.1) is 0 Å². The van der Waals surface area contributed by atoms with Crippen molar-refractivity contribution in [2.75, 3.05) is 6.61 Å². The molecule has 0 unspecified atom stereocenters. The highest BCUT2D eigenvalue weighted by atomic mass is 16.5. The first-order chi connectivity index (χ1) is 12.4. The zero-order valence-corrected chi connectivity index (χ0v) is 13.8. The fourth-order valence-corrected chi connectivity index (χ4v) is 3.47. The largest absolute Gasteiger partial charge is 0.376 e. The van der Waals surface area contributed by atoms with Crippen LogP contribution >= 0.6 is 0 Å². The van der Waals surface area contributed by atoms with E-state index in [0.29, 0.717) is 5.65 Å². The van der Waals surface area contributed by atoms with Crippen LogP contribution in [0.15, 0.2) is 54.6 Å². The first kappa shape index (κ1) is 14.5. The molecule has 0 bridgehead atoms. The summed E-state index contributed by atoms with van der Waals surface area (Å²) in [6.45, 7) is 1.60. The molecule has 5 rings (SSSR count). The zero-order valence-electron chi connectivity index (χ0n) is 13.8. The van der Waals surface area contributed by atoms with Gasteiger partial charge in [-0.05, 0) is 25.0 Å². The number of aromatic nitrogens is 4. The van der Waals surface area contributed by atoms with Crippen LogP contribution in [0.25, 0.3) is 33.7 Å². The van der Waals surface area contributed by atoms with Crippen molar-refractivity contribution in [3.05, 3.63) is 54.6 Å². The van der Waals surface area contributed by atoms with E-state index in [-0.39, 0.29) is 6.10 Å². The molecule has 0 radical (unpaired) electrons. The van der Waals surface area contributed by atoms with Gasteiger partial charge in [0, 0.05) is 12.2 Å². The van der Waals surface area contributed by atoms with E-state index in [9.17, 15) is 0 Å². The molecule has 4 aromatic rings. The molecule has 3 heterocycles. The molecular formula is C20H18N4O. The van der Waals surface area contributed by atoms with E-state index in [1.54, 1.807) is 0 Å². The van der Waals surface area contributed by atoms with Gasteiger partial charge in [-0.3, -0.25) is 0 Å². The fraction of sp³-hybridized carbons (Fsp3) is 0.250. The SMILES string of the molecule is c1ccc(-c2nc3nc4ccccc4nc3n2C[C@@H]2CCCO2)cc1. The van der Waals surface area contributed by atoms with Gasteiger partial charge in [-0.2, -0.15) is 0 Å². The lowest BCUT2D eigenvalue weighted by molar-refractivity contribution is 0.0981. The number of hydrogen-bond acceptors (Lipinski definition) is 4. The maximum atomic E-state index is 5.86. The Kier molecular flexibility index (Phi) is 3.45. The van der Waals surface area contributed by atoms with Gasteiger partial charge in [-0.1, -0.05) is 42.5 Å². The summed E-state index contributed by atoms with van der Waals surface area (Å²) in [6, 6.07) is 18.2. The molecule has 0 spiro atoms. The van der Waals surface area contributed by atoms with Gasteiger partial charge in [0.2, 0.25) is 0 Å². The number of hydrogen-bond donors (Lipinski definition) is 0. The normalized spacial score (nSPS) is 17.5. The Hall–Kier alpha value is -2.79. The lowest BCUT2D eigenvalue weighted by Gasteiger charge is -2.13.